The Hall–Kier alpha value is -2.48. The van der Waals surface area contributed by atoms with E-state index in [1.165, 1.54) is 0 Å². The summed E-state index contributed by atoms with van der Waals surface area (Å²) in [6.45, 7) is -0.0866. The number of hydrogen-bond donors (Lipinski definition) is 3. The van der Waals surface area contributed by atoms with E-state index in [2.05, 4.69) is 5.32 Å². The fourth-order valence-electron chi connectivity index (χ4n) is 1.86. The van der Waals surface area contributed by atoms with Crippen LogP contribution in [0.2, 0.25) is 10.0 Å². The molecule has 0 aliphatic carbocycles. The van der Waals surface area contributed by atoms with Crippen molar-refractivity contribution in [3.8, 4) is 11.5 Å². The zero-order chi connectivity index (χ0) is 18.4. The number of carbonyl (C=O) groups is 2. The first-order chi connectivity index (χ1) is 11.9. The first-order valence-corrected chi connectivity index (χ1v) is 7.89. The number of hydroxylamine groups is 2. The summed E-state index contributed by atoms with van der Waals surface area (Å²) in [7, 11) is 0. The molecule has 2 rings (SSSR count). The SMILES string of the molecule is NC(=O)N(O)CCNC(=O)c1cccc(Oc2ccc(Cl)c(Cl)c2)c1. The number of amides is 3. The van der Waals surface area contributed by atoms with E-state index in [0.29, 0.717) is 32.2 Å². The van der Waals surface area contributed by atoms with Crippen molar-refractivity contribution in [1.82, 2.24) is 10.4 Å². The van der Waals surface area contributed by atoms with Gasteiger partial charge in [-0.1, -0.05) is 29.3 Å². The van der Waals surface area contributed by atoms with Crippen molar-refractivity contribution in [2.75, 3.05) is 13.1 Å². The van der Waals surface area contributed by atoms with Gasteiger partial charge in [0, 0.05) is 18.2 Å². The van der Waals surface area contributed by atoms with Crippen LogP contribution in [0.15, 0.2) is 42.5 Å². The maximum atomic E-state index is 12.1. The number of hydrogen-bond acceptors (Lipinski definition) is 4. The molecule has 3 amide bonds. The molecule has 9 heteroatoms. The summed E-state index contributed by atoms with van der Waals surface area (Å²) in [4.78, 5) is 22.7. The maximum absolute atomic E-state index is 12.1. The number of carbonyl (C=O) groups excluding carboxylic acids is 2. The molecule has 0 heterocycles. The molecule has 2 aromatic rings. The fraction of sp³-hybridized carbons (Fsp3) is 0.125. The topological polar surface area (TPSA) is 105 Å². The molecule has 0 aliphatic rings. The molecule has 0 radical (unpaired) electrons. The van der Waals surface area contributed by atoms with Crippen LogP contribution in [0.1, 0.15) is 10.4 Å². The third kappa shape index (κ3) is 5.53. The van der Waals surface area contributed by atoms with Gasteiger partial charge in [0.2, 0.25) is 0 Å². The monoisotopic (exact) mass is 383 g/mol. The van der Waals surface area contributed by atoms with Crippen molar-refractivity contribution in [2.45, 2.75) is 0 Å². The van der Waals surface area contributed by atoms with Crippen LogP contribution in [0, 0.1) is 0 Å². The lowest BCUT2D eigenvalue weighted by Gasteiger charge is -2.12. The van der Waals surface area contributed by atoms with Crippen molar-refractivity contribution in [2.24, 2.45) is 5.73 Å². The van der Waals surface area contributed by atoms with Crippen molar-refractivity contribution in [1.29, 1.82) is 0 Å². The van der Waals surface area contributed by atoms with Crippen LogP contribution in [0.5, 0.6) is 11.5 Å². The molecule has 0 unspecified atom stereocenters. The van der Waals surface area contributed by atoms with E-state index in [0.717, 1.165) is 0 Å². The number of halogens is 2. The molecule has 0 bridgehead atoms. The summed E-state index contributed by atoms with van der Waals surface area (Å²) in [6.07, 6.45) is 0. The van der Waals surface area contributed by atoms with Gasteiger partial charge >= 0.3 is 6.03 Å². The van der Waals surface area contributed by atoms with E-state index in [1.54, 1.807) is 42.5 Å². The molecule has 0 saturated heterocycles. The van der Waals surface area contributed by atoms with Gasteiger partial charge in [0.05, 0.1) is 16.6 Å². The van der Waals surface area contributed by atoms with Gasteiger partial charge in [-0.3, -0.25) is 10.0 Å². The second-order valence-corrected chi connectivity index (χ2v) is 5.74. The summed E-state index contributed by atoms with van der Waals surface area (Å²) < 4.78 is 5.65. The Bertz CT molecular complexity index is 786. The van der Waals surface area contributed by atoms with E-state index >= 15 is 0 Å². The highest BCUT2D eigenvalue weighted by Gasteiger charge is 2.10. The minimum absolute atomic E-state index is 0.0378. The largest absolute Gasteiger partial charge is 0.457 e. The Morgan fingerprint density at radius 1 is 1.12 bits per heavy atom. The van der Waals surface area contributed by atoms with Crippen LogP contribution >= 0.6 is 23.2 Å². The molecule has 0 atom stereocenters. The molecule has 2 aromatic carbocycles. The molecule has 0 aromatic heterocycles. The Morgan fingerprint density at radius 2 is 1.84 bits per heavy atom. The molecule has 7 nitrogen and oxygen atoms in total. The van der Waals surface area contributed by atoms with Crippen LogP contribution < -0.4 is 15.8 Å². The van der Waals surface area contributed by atoms with Crippen molar-refractivity contribution in [3.05, 3.63) is 58.1 Å². The lowest BCUT2D eigenvalue weighted by atomic mass is 10.2. The predicted octanol–water partition coefficient (Wildman–Crippen LogP) is 3.29. The number of primary amides is 1. The van der Waals surface area contributed by atoms with Gasteiger partial charge in [0.25, 0.3) is 5.91 Å². The van der Waals surface area contributed by atoms with E-state index < -0.39 is 11.9 Å². The first kappa shape index (κ1) is 18.9. The fourth-order valence-corrected chi connectivity index (χ4v) is 2.15. The normalized spacial score (nSPS) is 10.2. The van der Waals surface area contributed by atoms with Gasteiger partial charge in [-0.25, -0.2) is 9.86 Å². The standard InChI is InChI=1S/C16H15Cl2N3O4/c17-13-5-4-12(9-14(13)18)25-11-3-1-2-10(8-11)15(22)20-6-7-21(24)16(19)23/h1-5,8-9,24H,6-7H2,(H2,19,23)(H,20,22). The lowest BCUT2D eigenvalue weighted by Crippen LogP contribution is -2.39. The second-order valence-electron chi connectivity index (χ2n) is 4.92. The van der Waals surface area contributed by atoms with Crippen molar-refractivity contribution in [3.63, 3.8) is 0 Å². The van der Waals surface area contributed by atoms with Gasteiger partial charge in [0.1, 0.15) is 11.5 Å². The van der Waals surface area contributed by atoms with Crippen molar-refractivity contribution >= 4 is 35.1 Å². The summed E-state index contributed by atoms with van der Waals surface area (Å²) >= 11 is 11.8. The van der Waals surface area contributed by atoms with E-state index in [4.69, 9.17) is 38.9 Å². The number of rotatable bonds is 6. The average molecular weight is 384 g/mol. The minimum Gasteiger partial charge on any atom is -0.457 e. The highest BCUT2D eigenvalue weighted by atomic mass is 35.5. The Morgan fingerprint density at radius 3 is 2.52 bits per heavy atom. The Balaban J connectivity index is 1.99. The van der Waals surface area contributed by atoms with E-state index in [-0.39, 0.29) is 13.1 Å². The summed E-state index contributed by atoms with van der Waals surface area (Å²) in [5.74, 6) is 0.522. The zero-order valence-corrected chi connectivity index (χ0v) is 14.4. The van der Waals surface area contributed by atoms with Gasteiger partial charge in [-0.05, 0) is 30.3 Å². The third-order valence-electron chi connectivity index (χ3n) is 3.09. The number of nitrogens with two attached hydrogens (primary N) is 1. The maximum Gasteiger partial charge on any atom is 0.338 e. The van der Waals surface area contributed by atoms with Crippen LogP contribution in [-0.4, -0.2) is 35.3 Å². The second kappa shape index (κ2) is 8.57. The predicted molar refractivity (Wildman–Crippen MR) is 93.4 cm³/mol. The quantitative estimate of drug-likeness (QED) is 0.525. The van der Waals surface area contributed by atoms with Crippen LogP contribution in [-0.2, 0) is 0 Å². The molecule has 132 valence electrons. The van der Waals surface area contributed by atoms with E-state index in [1.807, 2.05) is 0 Å². The summed E-state index contributed by atoms with van der Waals surface area (Å²) in [5, 5.41) is 12.8. The van der Waals surface area contributed by atoms with E-state index in [9.17, 15) is 9.59 Å². The van der Waals surface area contributed by atoms with Crippen LogP contribution in [0.25, 0.3) is 0 Å². The number of nitrogens with zero attached hydrogens (tertiary/aromatic N) is 1. The number of ether oxygens (including phenoxy) is 1. The summed E-state index contributed by atoms with van der Waals surface area (Å²) in [5.41, 5.74) is 5.22. The zero-order valence-electron chi connectivity index (χ0n) is 12.9. The molecule has 0 fully saturated rings. The molecule has 4 N–H and O–H groups in total. The van der Waals surface area contributed by atoms with Gasteiger partial charge in [0.15, 0.2) is 0 Å². The molecule has 0 saturated carbocycles. The van der Waals surface area contributed by atoms with Gasteiger partial charge < -0.3 is 15.8 Å². The van der Waals surface area contributed by atoms with Gasteiger partial charge in [-0.2, -0.15) is 0 Å². The molecule has 25 heavy (non-hydrogen) atoms. The third-order valence-corrected chi connectivity index (χ3v) is 3.83. The highest BCUT2D eigenvalue weighted by molar-refractivity contribution is 6.42. The molecule has 0 aliphatic heterocycles. The van der Waals surface area contributed by atoms with Gasteiger partial charge in [-0.15, -0.1) is 0 Å². The average Bonchev–Trinajstić information content (AvgIpc) is 2.58. The highest BCUT2D eigenvalue weighted by Crippen LogP contribution is 2.29. The Kier molecular flexibility index (Phi) is 6.46. The first-order valence-electron chi connectivity index (χ1n) is 7.14. The molecular formula is C16H15Cl2N3O4. The smallest absolute Gasteiger partial charge is 0.338 e. The Labute approximate surface area is 153 Å². The van der Waals surface area contributed by atoms with Crippen LogP contribution in [0.4, 0.5) is 4.79 Å². The number of benzene rings is 2. The molecule has 0 spiro atoms. The van der Waals surface area contributed by atoms with Crippen LogP contribution in [0.3, 0.4) is 0 Å². The van der Waals surface area contributed by atoms with Crippen molar-refractivity contribution < 1.29 is 19.5 Å². The minimum atomic E-state index is -0.994. The number of urea groups is 1. The lowest BCUT2D eigenvalue weighted by molar-refractivity contribution is -0.0376. The summed E-state index contributed by atoms with van der Waals surface area (Å²) in [6, 6.07) is 10.3. The number of nitrogens with one attached hydrogen (secondary N) is 1. The molecular weight excluding hydrogens is 369 g/mol.